The van der Waals surface area contributed by atoms with Crippen molar-refractivity contribution in [2.24, 2.45) is 0 Å². The molecule has 0 aliphatic rings. The Labute approximate surface area is 92.2 Å². The molecular formula is C10H9IO3. The van der Waals surface area contributed by atoms with Crippen molar-refractivity contribution in [3.05, 3.63) is 32.9 Å². The first-order valence-corrected chi connectivity index (χ1v) is 5.96. The van der Waals surface area contributed by atoms with E-state index in [1.807, 2.05) is 0 Å². The number of hydrogen-bond donors (Lipinski definition) is 0. The van der Waals surface area contributed by atoms with Gasteiger partial charge in [-0.05, 0) is 19.9 Å². The van der Waals surface area contributed by atoms with Gasteiger partial charge in [0, 0.05) is 11.1 Å². The Balaban J connectivity index is 3.51. The number of ketones is 2. The van der Waals surface area contributed by atoms with Crippen LogP contribution >= 0.6 is 21.2 Å². The molecule has 0 aromatic heterocycles. The molecule has 0 N–H and O–H groups in total. The summed E-state index contributed by atoms with van der Waals surface area (Å²) in [7, 11) is 0. The highest BCUT2D eigenvalue weighted by Gasteiger charge is 2.15. The Hall–Kier alpha value is -0.910. The summed E-state index contributed by atoms with van der Waals surface area (Å²) in [5.74, 6) is -0.379. The summed E-state index contributed by atoms with van der Waals surface area (Å²) in [5.41, 5.74) is 0.688. The van der Waals surface area contributed by atoms with E-state index in [9.17, 15) is 12.7 Å². The number of benzene rings is 1. The van der Waals surface area contributed by atoms with Crippen LogP contribution in [0.1, 0.15) is 34.6 Å². The van der Waals surface area contributed by atoms with Crippen LogP contribution < -0.4 is 0 Å². The number of carbonyl (C=O) groups excluding carboxylic acids is 2. The van der Waals surface area contributed by atoms with Crippen LogP contribution in [0.5, 0.6) is 0 Å². The molecule has 0 aliphatic heterocycles. The monoisotopic (exact) mass is 304 g/mol. The highest BCUT2D eigenvalue weighted by molar-refractivity contribution is 14.1. The molecule has 1 aromatic rings. The summed E-state index contributed by atoms with van der Waals surface area (Å²) >= 11 is -1.41. The molecule has 74 valence electrons. The van der Waals surface area contributed by atoms with E-state index >= 15 is 0 Å². The van der Waals surface area contributed by atoms with E-state index in [1.165, 1.54) is 13.8 Å². The second-order valence-electron chi connectivity index (χ2n) is 2.85. The first-order valence-electron chi connectivity index (χ1n) is 4.00. The summed E-state index contributed by atoms with van der Waals surface area (Å²) in [6.45, 7) is 2.78. The molecule has 0 saturated carbocycles. The van der Waals surface area contributed by atoms with Gasteiger partial charge in [-0.3, -0.25) is 12.7 Å². The van der Waals surface area contributed by atoms with Gasteiger partial charge in [-0.2, -0.15) is 0 Å². The molecular weight excluding hydrogens is 295 g/mol. The van der Waals surface area contributed by atoms with Crippen molar-refractivity contribution in [2.75, 3.05) is 0 Å². The quantitative estimate of drug-likeness (QED) is 0.637. The largest absolute Gasteiger partial charge is 0.294 e. The molecule has 0 fully saturated rings. The maximum atomic E-state index is 11.3. The molecule has 1 rings (SSSR count). The summed E-state index contributed by atoms with van der Waals surface area (Å²) in [5, 5.41) is 0. The van der Waals surface area contributed by atoms with Gasteiger partial charge >= 0.3 is 0 Å². The SMILES string of the molecule is CC(=O)c1cccc(I=O)c1C(C)=O. The van der Waals surface area contributed by atoms with Crippen LogP contribution in [0.2, 0.25) is 0 Å². The van der Waals surface area contributed by atoms with Gasteiger partial charge in [0.1, 0.15) is 0 Å². The number of rotatable bonds is 3. The van der Waals surface area contributed by atoms with Gasteiger partial charge in [0.05, 0.1) is 3.57 Å². The molecule has 0 heterocycles. The third-order valence-corrected chi connectivity index (χ3v) is 3.20. The lowest BCUT2D eigenvalue weighted by molar-refractivity contribution is 0.0980. The lowest BCUT2D eigenvalue weighted by Crippen LogP contribution is -2.06. The van der Waals surface area contributed by atoms with E-state index in [0.717, 1.165) is 0 Å². The van der Waals surface area contributed by atoms with Crippen LogP contribution in [-0.4, -0.2) is 11.6 Å². The van der Waals surface area contributed by atoms with Crippen molar-refractivity contribution in [1.29, 1.82) is 0 Å². The van der Waals surface area contributed by atoms with Crippen molar-refractivity contribution in [3.63, 3.8) is 0 Å². The molecule has 0 bridgehead atoms. The van der Waals surface area contributed by atoms with Gasteiger partial charge in [0.25, 0.3) is 0 Å². The zero-order valence-electron chi connectivity index (χ0n) is 7.83. The van der Waals surface area contributed by atoms with Crippen LogP contribution in [0.3, 0.4) is 0 Å². The van der Waals surface area contributed by atoms with Gasteiger partial charge < -0.3 is 0 Å². The van der Waals surface area contributed by atoms with Crippen LogP contribution in [-0.2, 0) is 3.07 Å². The van der Waals surface area contributed by atoms with E-state index in [-0.39, 0.29) is 11.6 Å². The van der Waals surface area contributed by atoms with Gasteiger partial charge in [-0.25, -0.2) is 0 Å². The van der Waals surface area contributed by atoms with Gasteiger partial charge in [-0.15, -0.1) is 0 Å². The summed E-state index contributed by atoms with van der Waals surface area (Å²) in [6, 6.07) is 4.86. The summed E-state index contributed by atoms with van der Waals surface area (Å²) in [4.78, 5) is 22.5. The second kappa shape index (κ2) is 4.54. The molecule has 0 aliphatic carbocycles. The fourth-order valence-corrected chi connectivity index (χ4v) is 2.48. The lowest BCUT2D eigenvalue weighted by atomic mass is 10.0. The summed E-state index contributed by atoms with van der Waals surface area (Å²) < 4.78 is 11.4. The van der Waals surface area contributed by atoms with E-state index < -0.39 is 21.2 Å². The third kappa shape index (κ3) is 2.12. The highest BCUT2D eigenvalue weighted by atomic mass is 127. The minimum Gasteiger partial charge on any atom is -0.294 e. The Morgan fingerprint density at radius 2 is 1.79 bits per heavy atom. The number of Topliss-reactive ketones (excluding diaryl/α,β-unsaturated/α-hetero) is 2. The molecule has 3 nitrogen and oxygen atoms in total. The Bertz CT molecular complexity index is 410. The fraction of sp³-hybridized carbons (Fsp3) is 0.200. The maximum Gasteiger partial charge on any atom is 0.182 e. The predicted molar refractivity (Wildman–Crippen MR) is 59.9 cm³/mol. The maximum absolute atomic E-state index is 11.3. The first-order chi connectivity index (χ1) is 6.57. The van der Waals surface area contributed by atoms with Crippen LogP contribution in [0.4, 0.5) is 0 Å². The smallest absolute Gasteiger partial charge is 0.182 e. The van der Waals surface area contributed by atoms with E-state index in [2.05, 4.69) is 0 Å². The number of carbonyl (C=O) groups is 2. The molecule has 0 unspecified atom stereocenters. The van der Waals surface area contributed by atoms with Crippen molar-refractivity contribution in [3.8, 4) is 0 Å². The first kappa shape index (κ1) is 11.2. The van der Waals surface area contributed by atoms with Crippen LogP contribution in [0.15, 0.2) is 18.2 Å². The van der Waals surface area contributed by atoms with Crippen molar-refractivity contribution >= 4 is 32.8 Å². The molecule has 0 spiro atoms. The average Bonchev–Trinajstić information content (AvgIpc) is 2.16. The predicted octanol–water partition coefficient (Wildman–Crippen LogP) is 2.58. The normalized spacial score (nSPS) is 9.86. The van der Waals surface area contributed by atoms with E-state index in [0.29, 0.717) is 14.7 Å². The molecule has 0 atom stereocenters. The highest BCUT2D eigenvalue weighted by Crippen LogP contribution is 2.20. The third-order valence-electron chi connectivity index (χ3n) is 1.83. The summed E-state index contributed by atoms with van der Waals surface area (Å²) in [6.07, 6.45) is 0. The topological polar surface area (TPSA) is 51.2 Å². The average molecular weight is 304 g/mol. The lowest BCUT2D eigenvalue weighted by Gasteiger charge is -2.04. The Morgan fingerprint density at radius 3 is 2.21 bits per heavy atom. The van der Waals surface area contributed by atoms with Gasteiger partial charge in [0.15, 0.2) is 32.8 Å². The Kier molecular flexibility index (Phi) is 3.62. The second-order valence-corrected chi connectivity index (χ2v) is 4.45. The van der Waals surface area contributed by atoms with Crippen molar-refractivity contribution in [2.45, 2.75) is 13.8 Å². The molecule has 4 heteroatoms. The van der Waals surface area contributed by atoms with Gasteiger partial charge in [-0.1, -0.05) is 12.1 Å². The van der Waals surface area contributed by atoms with Crippen molar-refractivity contribution < 1.29 is 12.7 Å². The fourth-order valence-electron chi connectivity index (χ4n) is 1.24. The zero-order valence-corrected chi connectivity index (χ0v) is 9.99. The molecule has 0 radical (unpaired) electrons. The van der Waals surface area contributed by atoms with Gasteiger partial charge in [0.2, 0.25) is 0 Å². The minimum absolute atomic E-state index is 0.172. The molecule has 0 saturated heterocycles. The zero-order chi connectivity index (χ0) is 10.7. The molecule has 14 heavy (non-hydrogen) atoms. The number of halogens is 1. The molecule has 0 amide bonds. The van der Waals surface area contributed by atoms with Crippen LogP contribution in [0, 0.1) is 3.57 Å². The van der Waals surface area contributed by atoms with Crippen molar-refractivity contribution in [1.82, 2.24) is 0 Å². The molecule has 1 aromatic carbocycles. The minimum atomic E-state index is -1.41. The van der Waals surface area contributed by atoms with E-state index in [4.69, 9.17) is 0 Å². The number of hydrogen-bond acceptors (Lipinski definition) is 3. The Morgan fingerprint density at radius 1 is 1.14 bits per heavy atom. The van der Waals surface area contributed by atoms with E-state index in [1.54, 1.807) is 18.2 Å². The standard InChI is InChI=1S/C10H9IO3/c1-6(12)8-4-3-5-9(11-14)10(8)7(2)13/h3-5H,1-2H3. The van der Waals surface area contributed by atoms with Crippen LogP contribution in [0.25, 0.3) is 0 Å².